The normalized spacial score (nSPS) is 24.2. The summed E-state index contributed by atoms with van der Waals surface area (Å²) in [6.45, 7) is 9.29. The largest absolute Gasteiger partial charge is 0.489 e. The van der Waals surface area contributed by atoms with E-state index in [1.54, 1.807) is 37.4 Å². The van der Waals surface area contributed by atoms with Gasteiger partial charge in [0.05, 0.1) is 38.2 Å². The van der Waals surface area contributed by atoms with E-state index in [0.717, 1.165) is 44.2 Å². The molecule has 4 fully saturated rings. The van der Waals surface area contributed by atoms with Crippen molar-refractivity contribution in [2.24, 2.45) is 11.3 Å². The fraction of sp³-hybridized carbons (Fsp3) is 0.480. The van der Waals surface area contributed by atoms with E-state index in [1.807, 2.05) is 0 Å². The van der Waals surface area contributed by atoms with Crippen LogP contribution < -0.4 is 24.4 Å². The molecule has 2 aliphatic carbocycles. The minimum Gasteiger partial charge on any atom is -0.489 e. The van der Waals surface area contributed by atoms with Gasteiger partial charge < -0.3 is 29.8 Å². The van der Waals surface area contributed by atoms with Gasteiger partial charge in [-0.1, -0.05) is 49.7 Å². The number of nitro benzene ring substituents is 1. The third-order valence-electron chi connectivity index (χ3n) is 15.4. The van der Waals surface area contributed by atoms with Gasteiger partial charge in [0.25, 0.3) is 21.6 Å². The number of carbonyl (C=O) groups excluding carboxylic acids is 1. The molecular formula is C50H58ClN7O8S. The highest BCUT2D eigenvalue weighted by Gasteiger charge is 2.50. The molecule has 5 aromatic rings. The molecule has 67 heavy (non-hydrogen) atoms. The maximum absolute atomic E-state index is 14.1. The highest BCUT2D eigenvalue weighted by Crippen LogP contribution is 2.54. The molecule has 15 nitrogen and oxygen atoms in total. The summed E-state index contributed by atoms with van der Waals surface area (Å²) >= 11 is 6.42. The maximum Gasteiger partial charge on any atom is 0.297 e. The Kier molecular flexibility index (Phi) is 11.9. The number of hydrogen-bond acceptors (Lipinski definition) is 12. The molecule has 1 spiro atoms. The van der Waals surface area contributed by atoms with Gasteiger partial charge in [-0.15, -0.1) is 0 Å². The number of nitrogens with zero attached hydrogens (tertiary/aromatic N) is 4. The average Bonchev–Trinajstić information content (AvgIpc) is 3.94. The summed E-state index contributed by atoms with van der Waals surface area (Å²) < 4.78 is 42.5. The number of aromatic nitrogens is 2. The van der Waals surface area contributed by atoms with E-state index in [-0.39, 0.29) is 52.5 Å². The van der Waals surface area contributed by atoms with E-state index in [0.29, 0.717) is 59.7 Å². The number of aromatic amines is 1. The second-order valence-electron chi connectivity index (χ2n) is 20.1. The second-order valence-corrected chi connectivity index (χ2v) is 22.2. The molecule has 10 rings (SSSR count). The van der Waals surface area contributed by atoms with Gasteiger partial charge in [-0.25, -0.2) is 18.1 Å². The van der Waals surface area contributed by atoms with Gasteiger partial charge >= 0.3 is 0 Å². The van der Waals surface area contributed by atoms with Crippen molar-refractivity contribution in [2.45, 2.75) is 120 Å². The fourth-order valence-corrected chi connectivity index (χ4v) is 12.7. The summed E-state index contributed by atoms with van der Waals surface area (Å²) in [6, 6.07) is 18.7. The van der Waals surface area contributed by atoms with Crippen LogP contribution >= 0.6 is 11.6 Å². The minimum absolute atomic E-state index is 0.00542. The van der Waals surface area contributed by atoms with Crippen LogP contribution in [0.1, 0.15) is 118 Å². The van der Waals surface area contributed by atoms with Crippen LogP contribution in [0.25, 0.3) is 11.0 Å². The van der Waals surface area contributed by atoms with Crippen molar-refractivity contribution in [3.63, 3.8) is 0 Å². The molecule has 3 aromatic carbocycles. The maximum atomic E-state index is 14.1. The Morgan fingerprint density at radius 1 is 1.04 bits per heavy atom. The number of benzene rings is 3. The lowest BCUT2D eigenvalue weighted by atomic mass is 9.59. The number of nitro groups is 1. The number of anilines is 2. The first-order valence-electron chi connectivity index (χ1n) is 23.6. The van der Waals surface area contributed by atoms with Gasteiger partial charge in [0.15, 0.2) is 11.4 Å². The lowest BCUT2D eigenvalue weighted by Gasteiger charge is -2.56. The van der Waals surface area contributed by atoms with Gasteiger partial charge in [-0.2, -0.15) is 0 Å². The first-order chi connectivity index (χ1) is 32.1. The van der Waals surface area contributed by atoms with Gasteiger partial charge in [0, 0.05) is 60.6 Å². The summed E-state index contributed by atoms with van der Waals surface area (Å²) in [6.07, 6.45) is 12.6. The zero-order valence-electron chi connectivity index (χ0n) is 38.1. The average molecular weight is 953 g/mol. The Bertz CT molecular complexity index is 2830. The quantitative estimate of drug-likeness (QED) is 0.0725. The Morgan fingerprint density at radius 3 is 2.55 bits per heavy atom. The number of halogens is 1. The molecule has 0 unspecified atom stereocenters. The summed E-state index contributed by atoms with van der Waals surface area (Å²) in [4.78, 5) is 37.9. The summed E-state index contributed by atoms with van der Waals surface area (Å²) in [7, 11) is -4.68. The predicted molar refractivity (Wildman–Crippen MR) is 257 cm³/mol. The van der Waals surface area contributed by atoms with Gasteiger partial charge in [-0.3, -0.25) is 19.8 Å². The minimum atomic E-state index is -4.68. The number of piperidine rings is 1. The van der Waals surface area contributed by atoms with E-state index in [1.165, 1.54) is 49.1 Å². The van der Waals surface area contributed by atoms with Crippen molar-refractivity contribution in [3.05, 3.63) is 105 Å². The number of amides is 1. The number of likely N-dealkylation sites (tertiary alicyclic amines) is 1. The number of rotatable bonds is 11. The number of sulfonamides is 1. The zero-order chi connectivity index (χ0) is 46.8. The zero-order valence-corrected chi connectivity index (χ0v) is 39.7. The predicted octanol–water partition coefficient (Wildman–Crippen LogP) is 9.86. The Hall–Kier alpha value is -5.42. The number of fused-ring (bicyclic) bond motifs is 2. The Balaban J connectivity index is 0.863. The van der Waals surface area contributed by atoms with Crippen LogP contribution in [0.15, 0.2) is 78.0 Å². The molecule has 3 aliphatic heterocycles. The van der Waals surface area contributed by atoms with Crippen LogP contribution in [-0.4, -0.2) is 83.1 Å². The molecule has 17 heteroatoms. The number of ether oxygens (including phenoxy) is 2. The summed E-state index contributed by atoms with van der Waals surface area (Å²) in [5.41, 5.74) is 3.36. The second kappa shape index (κ2) is 17.6. The van der Waals surface area contributed by atoms with Crippen LogP contribution in [0.4, 0.5) is 17.1 Å². The molecule has 2 saturated heterocycles. The molecule has 2 aromatic heterocycles. The van der Waals surface area contributed by atoms with Crippen LogP contribution in [-0.2, 0) is 10.0 Å². The smallest absolute Gasteiger partial charge is 0.297 e. The number of nitrogens with one attached hydrogen (secondary N) is 3. The van der Waals surface area contributed by atoms with Crippen molar-refractivity contribution in [2.75, 3.05) is 36.5 Å². The molecule has 4 N–H and O–H groups in total. The van der Waals surface area contributed by atoms with Crippen molar-refractivity contribution in [1.29, 1.82) is 0 Å². The molecule has 2 atom stereocenters. The SMILES string of the molecule is CC(C)c1ccccc1[C@H]1CCCN1C1CC2(CCN(c3ccc(C(=O)NS(=O)(=O)c4cc5c(c([N+](=O)[O-])c4)N[C@@H](C4CCC(C)(O)CC4)CO5)c(Oc4cnc5[nH]cc(Cl)c5c4)c3)CC2)C1. The third-order valence-corrected chi connectivity index (χ3v) is 17.0. The molecule has 354 valence electrons. The number of H-pyrrole nitrogens is 1. The highest BCUT2D eigenvalue weighted by molar-refractivity contribution is 7.90. The molecule has 1 amide bonds. The molecule has 5 aliphatic rings. The standard InChI is InChI=1S/C50H58ClN7O8S/c1-30(2)36-7-4-5-8-37(36)42-9-6-18-57(42)33-25-50(26-33)16-19-56(20-17-50)32-10-11-38(44(21-32)66-34-22-39-40(51)28-53-47(39)52-27-34)48(59)55-67(63,64)35-23-43(58(61)62)46-45(24-35)65-29-41(54-46)31-12-14-49(3,60)15-13-31/h4-5,7-8,10-11,21-24,27-28,30-31,33,41-42,54,60H,6,9,12-20,25-26,29H2,1-3H3,(H,52,53)(H,55,59)/t31?,41-,42-,49?/m1/s1. The highest BCUT2D eigenvalue weighted by atomic mass is 35.5. The van der Waals surface area contributed by atoms with Crippen LogP contribution in [0, 0.1) is 21.4 Å². The van der Waals surface area contributed by atoms with E-state index >= 15 is 0 Å². The molecular weight excluding hydrogens is 894 g/mol. The lowest BCUT2D eigenvalue weighted by molar-refractivity contribution is -0.384. The molecule has 0 bridgehead atoms. The first kappa shape index (κ1) is 45.4. The van der Waals surface area contributed by atoms with Gasteiger partial charge in [0.2, 0.25) is 0 Å². The van der Waals surface area contributed by atoms with Crippen molar-refractivity contribution in [3.8, 4) is 17.2 Å². The van der Waals surface area contributed by atoms with Gasteiger partial charge in [-0.05, 0) is 124 Å². The van der Waals surface area contributed by atoms with Crippen molar-refractivity contribution < 1.29 is 32.7 Å². The number of carbonyl (C=O) groups is 1. The topological polar surface area (TPSA) is 192 Å². The monoisotopic (exact) mass is 951 g/mol. The van der Waals surface area contributed by atoms with E-state index in [4.69, 9.17) is 21.1 Å². The Morgan fingerprint density at radius 2 is 1.81 bits per heavy atom. The third kappa shape index (κ3) is 8.93. The summed E-state index contributed by atoms with van der Waals surface area (Å²) in [5, 5.41) is 27.1. The van der Waals surface area contributed by atoms with Crippen LogP contribution in [0.3, 0.4) is 0 Å². The molecule has 5 heterocycles. The first-order valence-corrected chi connectivity index (χ1v) is 25.5. The van der Waals surface area contributed by atoms with E-state index < -0.39 is 37.0 Å². The van der Waals surface area contributed by atoms with Crippen molar-refractivity contribution in [1.82, 2.24) is 19.6 Å². The van der Waals surface area contributed by atoms with Gasteiger partial charge in [0.1, 0.15) is 23.8 Å². The number of aliphatic hydroxyl groups is 1. The summed E-state index contributed by atoms with van der Waals surface area (Å²) in [5.74, 6) is -0.0262. The molecule has 2 saturated carbocycles. The lowest BCUT2D eigenvalue weighted by Crippen LogP contribution is -2.54. The number of hydrogen-bond donors (Lipinski definition) is 4. The van der Waals surface area contributed by atoms with Crippen molar-refractivity contribution >= 4 is 55.6 Å². The van der Waals surface area contributed by atoms with E-state index in [2.05, 4.69) is 67.9 Å². The number of pyridine rings is 1. The van der Waals surface area contributed by atoms with Crippen LogP contribution in [0.5, 0.6) is 17.2 Å². The van der Waals surface area contributed by atoms with Crippen LogP contribution in [0.2, 0.25) is 5.02 Å². The fourth-order valence-electron chi connectivity index (χ4n) is 11.5. The van der Waals surface area contributed by atoms with E-state index in [9.17, 15) is 28.4 Å². The Labute approximate surface area is 395 Å². The molecule has 0 radical (unpaired) electrons.